The van der Waals surface area contributed by atoms with Crippen molar-refractivity contribution in [2.75, 3.05) is 6.61 Å². The van der Waals surface area contributed by atoms with E-state index in [1.165, 1.54) is 0 Å². The van der Waals surface area contributed by atoms with Crippen molar-refractivity contribution in [3.8, 4) is 22.6 Å². The van der Waals surface area contributed by atoms with Crippen LogP contribution in [0.2, 0.25) is 0 Å². The quantitative estimate of drug-likeness (QED) is 0.903. The molecule has 1 aromatic carbocycles. The molecule has 2 N–H and O–H groups in total. The topological polar surface area (TPSA) is 57.4 Å². The van der Waals surface area contributed by atoms with E-state index in [1.807, 2.05) is 12.1 Å². The van der Waals surface area contributed by atoms with Gasteiger partial charge in [-0.2, -0.15) is 13.2 Å². The van der Waals surface area contributed by atoms with E-state index in [0.29, 0.717) is 18.1 Å². The van der Waals surface area contributed by atoms with Gasteiger partial charge < -0.3 is 15.2 Å². The molecular weight excluding hydrogens is 321 g/mol. The first kappa shape index (κ1) is 16.6. The Balaban J connectivity index is 1.63. The summed E-state index contributed by atoms with van der Waals surface area (Å²) in [6.07, 6.45) is -1.77. The molecule has 2 heterocycles. The molecule has 24 heavy (non-hydrogen) atoms. The summed E-state index contributed by atoms with van der Waals surface area (Å²) in [5, 5.41) is 0. The van der Waals surface area contributed by atoms with Crippen LogP contribution in [0.5, 0.6) is 11.5 Å². The van der Waals surface area contributed by atoms with Crippen LogP contribution in [0.3, 0.4) is 0 Å². The number of pyridine rings is 1. The molecular formula is C17H17F3N2O2. The predicted molar refractivity (Wildman–Crippen MR) is 82.8 cm³/mol. The van der Waals surface area contributed by atoms with Crippen molar-refractivity contribution < 1.29 is 22.6 Å². The van der Waals surface area contributed by atoms with Gasteiger partial charge in [0.25, 0.3) is 0 Å². The van der Waals surface area contributed by atoms with Gasteiger partial charge in [0.1, 0.15) is 24.7 Å². The molecule has 1 atom stereocenters. The number of benzene rings is 1. The first-order valence-electron chi connectivity index (χ1n) is 7.57. The molecule has 0 amide bonds. The second-order valence-corrected chi connectivity index (χ2v) is 5.70. The highest BCUT2D eigenvalue weighted by atomic mass is 19.4. The second-order valence-electron chi connectivity index (χ2n) is 5.70. The third-order valence-corrected chi connectivity index (χ3v) is 3.80. The lowest BCUT2D eigenvalue weighted by Crippen LogP contribution is -2.29. The lowest BCUT2D eigenvalue weighted by atomic mass is 9.99. The SMILES string of the molecule is NC(CCC(F)(F)F)COc1ccc2c(c1)OCc1ccncc1-2. The van der Waals surface area contributed by atoms with Crippen molar-refractivity contribution in [3.05, 3.63) is 42.2 Å². The van der Waals surface area contributed by atoms with E-state index in [9.17, 15) is 13.2 Å². The zero-order chi connectivity index (χ0) is 17.2. The average Bonchev–Trinajstić information content (AvgIpc) is 2.57. The van der Waals surface area contributed by atoms with E-state index in [2.05, 4.69) is 4.98 Å². The second kappa shape index (κ2) is 6.68. The summed E-state index contributed by atoms with van der Waals surface area (Å²) in [6.45, 7) is 0.465. The van der Waals surface area contributed by atoms with Gasteiger partial charge in [-0.25, -0.2) is 0 Å². The predicted octanol–water partition coefficient (Wildman–Crippen LogP) is 3.69. The number of fused-ring (bicyclic) bond motifs is 3. The van der Waals surface area contributed by atoms with Gasteiger partial charge in [-0.05, 0) is 24.6 Å². The fourth-order valence-corrected chi connectivity index (χ4v) is 2.52. The van der Waals surface area contributed by atoms with Gasteiger partial charge in [0, 0.05) is 47.6 Å². The van der Waals surface area contributed by atoms with E-state index >= 15 is 0 Å². The normalized spacial score (nSPS) is 14.3. The monoisotopic (exact) mass is 338 g/mol. The Bertz CT molecular complexity index is 719. The van der Waals surface area contributed by atoms with Crippen LogP contribution < -0.4 is 15.2 Å². The van der Waals surface area contributed by atoms with Crippen molar-refractivity contribution in [1.82, 2.24) is 4.98 Å². The van der Waals surface area contributed by atoms with Gasteiger partial charge in [-0.15, -0.1) is 0 Å². The summed E-state index contributed by atoms with van der Waals surface area (Å²) in [5.41, 5.74) is 8.64. The summed E-state index contributed by atoms with van der Waals surface area (Å²) in [5.74, 6) is 1.18. The highest BCUT2D eigenvalue weighted by Crippen LogP contribution is 2.39. The van der Waals surface area contributed by atoms with Crippen LogP contribution in [0.4, 0.5) is 13.2 Å². The molecule has 128 valence electrons. The van der Waals surface area contributed by atoms with Crippen molar-refractivity contribution in [2.24, 2.45) is 5.73 Å². The number of ether oxygens (including phenoxy) is 2. The molecule has 0 aliphatic carbocycles. The lowest BCUT2D eigenvalue weighted by molar-refractivity contribution is -0.136. The summed E-state index contributed by atoms with van der Waals surface area (Å²) < 4.78 is 47.7. The van der Waals surface area contributed by atoms with Crippen LogP contribution in [0.15, 0.2) is 36.7 Å². The maximum atomic E-state index is 12.2. The number of hydrogen-bond donors (Lipinski definition) is 1. The molecule has 2 aromatic rings. The molecule has 0 radical (unpaired) electrons. The summed E-state index contributed by atoms with van der Waals surface area (Å²) in [6, 6.07) is 6.56. The maximum Gasteiger partial charge on any atom is 0.389 e. The number of hydrogen-bond acceptors (Lipinski definition) is 4. The lowest BCUT2D eigenvalue weighted by Gasteiger charge is -2.21. The van der Waals surface area contributed by atoms with E-state index in [0.717, 1.165) is 16.7 Å². The summed E-state index contributed by atoms with van der Waals surface area (Å²) in [7, 11) is 0. The van der Waals surface area contributed by atoms with Gasteiger partial charge in [-0.3, -0.25) is 4.98 Å². The van der Waals surface area contributed by atoms with E-state index < -0.39 is 18.6 Å². The minimum Gasteiger partial charge on any atom is -0.492 e. The molecule has 1 aliphatic heterocycles. The van der Waals surface area contributed by atoms with Crippen molar-refractivity contribution >= 4 is 0 Å². The number of rotatable bonds is 5. The molecule has 0 bridgehead atoms. The number of halogens is 3. The minimum atomic E-state index is -4.20. The van der Waals surface area contributed by atoms with Gasteiger partial charge in [0.2, 0.25) is 0 Å². The smallest absolute Gasteiger partial charge is 0.389 e. The Morgan fingerprint density at radius 3 is 2.88 bits per heavy atom. The van der Waals surface area contributed by atoms with E-state index in [4.69, 9.17) is 15.2 Å². The van der Waals surface area contributed by atoms with Crippen LogP contribution in [0, 0.1) is 0 Å². The van der Waals surface area contributed by atoms with Crippen LogP contribution >= 0.6 is 0 Å². The molecule has 0 saturated heterocycles. The summed E-state index contributed by atoms with van der Waals surface area (Å²) in [4.78, 5) is 4.12. The Labute approximate surface area is 137 Å². The highest BCUT2D eigenvalue weighted by Gasteiger charge is 2.27. The highest BCUT2D eigenvalue weighted by molar-refractivity contribution is 5.75. The van der Waals surface area contributed by atoms with Gasteiger partial charge in [-0.1, -0.05) is 0 Å². The standard InChI is InChI=1S/C17H17F3N2O2/c18-17(19,20)5-3-12(21)10-23-13-1-2-14-15-8-22-6-4-11(15)9-24-16(14)7-13/h1-2,4,6-8,12H,3,5,9-10,21H2. The molecule has 7 heteroatoms. The molecule has 3 rings (SSSR count). The van der Waals surface area contributed by atoms with E-state index in [1.54, 1.807) is 24.5 Å². The molecule has 0 spiro atoms. The van der Waals surface area contributed by atoms with Crippen LogP contribution in [0.1, 0.15) is 18.4 Å². The van der Waals surface area contributed by atoms with Crippen LogP contribution in [-0.4, -0.2) is 23.8 Å². The number of nitrogens with two attached hydrogens (primary N) is 1. The molecule has 1 aliphatic rings. The third-order valence-electron chi connectivity index (χ3n) is 3.80. The number of alkyl halides is 3. The fraction of sp³-hybridized carbons (Fsp3) is 0.353. The van der Waals surface area contributed by atoms with Crippen LogP contribution in [-0.2, 0) is 6.61 Å². The zero-order valence-electron chi connectivity index (χ0n) is 12.8. The average molecular weight is 338 g/mol. The van der Waals surface area contributed by atoms with Crippen molar-refractivity contribution in [3.63, 3.8) is 0 Å². The number of aromatic nitrogens is 1. The van der Waals surface area contributed by atoms with Crippen LogP contribution in [0.25, 0.3) is 11.1 Å². The fourth-order valence-electron chi connectivity index (χ4n) is 2.52. The third kappa shape index (κ3) is 3.97. The Morgan fingerprint density at radius 1 is 1.25 bits per heavy atom. The molecule has 1 unspecified atom stereocenters. The Morgan fingerprint density at radius 2 is 2.08 bits per heavy atom. The maximum absolute atomic E-state index is 12.2. The molecule has 0 saturated carbocycles. The minimum absolute atomic E-state index is 0.0208. The van der Waals surface area contributed by atoms with Gasteiger partial charge in [0.15, 0.2) is 0 Å². The zero-order valence-corrected chi connectivity index (χ0v) is 12.8. The first-order valence-corrected chi connectivity index (χ1v) is 7.57. The molecule has 4 nitrogen and oxygen atoms in total. The molecule has 1 aromatic heterocycles. The molecule has 0 fully saturated rings. The van der Waals surface area contributed by atoms with E-state index in [-0.39, 0.29) is 13.0 Å². The van der Waals surface area contributed by atoms with Crippen molar-refractivity contribution in [1.29, 1.82) is 0 Å². The van der Waals surface area contributed by atoms with Crippen molar-refractivity contribution in [2.45, 2.75) is 31.7 Å². The van der Waals surface area contributed by atoms with Gasteiger partial charge >= 0.3 is 6.18 Å². The number of nitrogens with zero attached hydrogens (tertiary/aromatic N) is 1. The Kier molecular flexibility index (Phi) is 4.62. The summed E-state index contributed by atoms with van der Waals surface area (Å²) >= 11 is 0. The Hall–Kier alpha value is -2.28. The van der Waals surface area contributed by atoms with Gasteiger partial charge in [0.05, 0.1) is 0 Å². The largest absolute Gasteiger partial charge is 0.492 e. The first-order chi connectivity index (χ1) is 11.4.